The van der Waals surface area contributed by atoms with E-state index in [1.165, 1.54) is 22.6 Å². The first-order chi connectivity index (χ1) is 16.1. The smallest absolute Gasteiger partial charge is 0.410 e. The Labute approximate surface area is 199 Å². The number of aliphatic hydroxyl groups is 1. The SMILES string of the molecule is CC(C)(C)OC(=O)N1C[C@H](CNC(=O)N2CCc3ccccc3[C@@H]2c2ccc(F)cc2)[C@H](O)C1. The van der Waals surface area contributed by atoms with Gasteiger partial charge in [-0.1, -0.05) is 36.4 Å². The summed E-state index contributed by atoms with van der Waals surface area (Å²) in [6.07, 6.45) is -0.494. The van der Waals surface area contributed by atoms with Crippen LogP contribution in [0.1, 0.15) is 43.5 Å². The van der Waals surface area contributed by atoms with Crippen molar-refractivity contribution in [3.05, 3.63) is 71.0 Å². The van der Waals surface area contributed by atoms with E-state index < -0.39 is 17.8 Å². The zero-order valence-electron chi connectivity index (χ0n) is 19.8. The van der Waals surface area contributed by atoms with Gasteiger partial charge < -0.3 is 25.0 Å². The zero-order valence-corrected chi connectivity index (χ0v) is 19.8. The number of carbonyl (C=O) groups excluding carboxylic acids is 2. The molecule has 0 bridgehead atoms. The summed E-state index contributed by atoms with van der Waals surface area (Å²) in [6, 6.07) is 13.6. The van der Waals surface area contributed by atoms with Crippen LogP contribution >= 0.6 is 0 Å². The summed E-state index contributed by atoms with van der Waals surface area (Å²) in [7, 11) is 0. The maximum Gasteiger partial charge on any atom is 0.410 e. The number of ether oxygens (including phenoxy) is 1. The molecule has 2 aliphatic heterocycles. The normalized spacial score (nSPS) is 22.3. The number of rotatable bonds is 3. The first-order valence-electron chi connectivity index (χ1n) is 11.7. The molecule has 1 saturated heterocycles. The average Bonchev–Trinajstić information content (AvgIpc) is 3.17. The van der Waals surface area contributed by atoms with Crippen molar-refractivity contribution in [3.8, 4) is 0 Å². The molecular formula is C26H32FN3O4. The molecule has 34 heavy (non-hydrogen) atoms. The average molecular weight is 470 g/mol. The summed E-state index contributed by atoms with van der Waals surface area (Å²) in [5.74, 6) is -0.619. The Hall–Kier alpha value is -3.13. The first kappa shape index (κ1) is 24.0. The van der Waals surface area contributed by atoms with Gasteiger partial charge in [-0.2, -0.15) is 0 Å². The second-order valence-corrected chi connectivity index (χ2v) is 10.00. The van der Waals surface area contributed by atoms with Crippen molar-refractivity contribution in [1.29, 1.82) is 0 Å². The molecule has 3 atom stereocenters. The van der Waals surface area contributed by atoms with Crippen LogP contribution < -0.4 is 5.32 Å². The Morgan fingerprint density at radius 3 is 2.53 bits per heavy atom. The molecule has 0 saturated carbocycles. The fourth-order valence-corrected chi connectivity index (χ4v) is 4.64. The monoisotopic (exact) mass is 469 g/mol. The number of amides is 3. The number of likely N-dealkylation sites (tertiary alicyclic amines) is 1. The Morgan fingerprint density at radius 2 is 1.82 bits per heavy atom. The van der Waals surface area contributed by atoms with Gasteiger partial charge in [0.25, 0.3) is 0 Å². The first-order valence-corrected chi connectivity index (χ1v) is 11.7. The fourth-order valence-electron chi connectivity index (χ4n) is 4.64. The van der Waals surface area contributed by atoms with E-state index in [0.29, 0.717) is 13.1 Å². The highest BCUT2D eigenvalue weighted by atomic mass is 19.1. The number of halogens is 1. The van der Waals surface area contributed by atoms with Gasteiger partial charge in [0.05, 0.1) is 18.7 Å². The predicted molar refractivity (Wildman–Crippen MR) is 126 cm³/mol. The Bertz CT molecular complexity index is 1040. The van der Waals surface area contributed by atoms with Crippen LogP contribution in [0.2, 0.25) is 0 Å². The molecule has 8 heteroatoms. The summed E-state index contributed by atoms with van der Waals surface area (Å²) in [6.45, 7) is 6.61. The topological polar surface area (TPSA) is 82.1 Å². The molecule has 7 nitrogen and oxygen atoms in total. The minimum atomic E-state index is -0.747. The van der Waals surface area contributed by atoms with E-state index >= 15 is 0 Å². The summed E-state index contributed by atoms with van der Waals surface area (Å²) in [4.78, 5) is 28.9. The standard InChI is InChI=1S/C26H32FN3O4/c1-26(2,3)34-25(33)29-15-19(22(31)16-29)14-28-24(32)30-13-12-17-6-4-5-7-21(17)23(30)18-8-10-20(27)11-9-18/h4-11,19,22-23,31H,12-16H2,1-3H3,(H,28,32)/t19-,22+,23-/m0/s1. The Balaban J connectivity index is 1.45. The summed E-state index contributed by atoms with van der Waals surface area (Å²) < 4.78 is 19.0. The molecule has 2 N–H and O–H groups in total. The van der Waals surface area contributed by atoms with Gasteiger partial charge in [0, 0.05) is 25.6 Å². The molecule has 3 amide bonds. The van der Waals surface area contributed by atoms with E-state index in [1.807, 2.05) is 18.2 Å². The number of carbonyl (C=O) groups is 2. The number of fused-ring (bicyclic) bond motifs is 1. The van der Waals surface area contributed by atoms with Crippen LogP contribution in [-0.2, 0) is 11.2 Å². The third-order valence-corrected chi connectivity index (χ3v) is 6.30. The van der Waals surface area contributed by atoms with Gasteiger partial charge in [0.2, 0.25) is 0 Å². The van der Waals surface area contributed by atoms with E-state index in [4.69, 9.17) is 4.74 Å². The molecule has 2 aliphatic rings. The van der Waals surface area contributed by atoms with Crippen LogP contribution in [0, 0.1) is 11.7 Å². The molecule has 0 spiro atoms. The van der Waals surface area contributed by atoms with E-state index in [2.05, 4.69) is 11.4 Å². The van der Waals surface area contributed by atoms with Gasteiger partial charge in [-0.05, 0) is 56.0 Å². The lowest BCUT2D eigenvalue weighted by Gasteiger charge is -2.38. The van der Waals surface area contributed by atoms with Gasteiger partial charge >= 0.3 is 12.1 Å². The van der Waals surface area contributed by atoms with Gasteiger partial charge in [-0.15, -0.1) is 0 Å². The van der Waals surface area contributed by atoms with Crippen molar-refractivity contribution in [2.24, 2.45) is 5.92 Å². The molecule has 0 unspecified atom stereocenters. The van der Waals surface area contributed by atoms with Gasteiger partial charge in [0.15, 0.2) is 0 Å². The van der Waals surface area contributed by atoms with Crippen molar-refractivity contribution in [2.45, 2.75) is 44.9 Å². The molecule has 2 aromatic rings. The van der Waals surface area contributed by atoms with Gasteiger partial charge in [-0.3, -0.25) is 0 Å². The molecule has 4 rings (SSSR count). The van der Waals surface area contributed by atoms with Crippen LogP contribution in [0.4, 0.5) is 14.0 Å². The lowest BCUT2D eigenvalue weighted by Crippen LogP contribution is -2.48. The summed E-state index contributed by atoms with van der Waals surface area (Å²) in [5.41, 5.74) is 2.40. The third kappa shape index (κ3) is 5.33. The maximum atomic E-state index is 13.6. The van der Waals surface area contributed by atoms with Crippen molar-refractivity contribution in [1.82, 2.24) is 15.1 Å². The molecule has 182 valence electrons. The number of urea groups is 1. The molecule has 0 radical (unpaired) electrons. The zero-order chi connectivity index (χ0) is 24.5. The maximum absolute atomic E-state index is 13.6. The number of nitrogens with zero attached hydrogens (tertiary/aromatic N) is 2. The summed E-state index contributed by atoms with van der Waals surface area (Å²) >= 11 is 0. The molecule has 0 aliphatic carbocycles. The fraction of sp³-hybridized carbons (Fsp3) is 0.462. The van der Waals surface area contributed by atoms with E-state index in [9.17, 15) is 19.1 Å². The van der Waals surface area contributed by atoms with Crippen LogP contribution in [0.25, 0.3) is 0 Å². The van der Waals surface area contributed by atoms with Crippen LogP contribution in [0.5, 0.6) is 0 Å². The Kier molecular flexibility index (Phi) is 6.79. The number of hydrogen-bond acceptors (Lipinski definition) is 4. The van der Waals surface area contributed by atoms with Crippen LogP contribution in [0.15, 0.2) is 48.5 Å². The number of aliphatic hydroxyl groups excluding tert-OH is 1. The molecule has 2 heterocycles. The van der Waals surface area contributed by atoms with Crippen molar-refractivity contribution >= 4 is 12.1 Å². The second kappa shape index (κ2) is 9.62. The minimum absolute atomic E-state index is 0.171. The number of nitrogens with one attached hydrogen (secondary N) is 1. The number of β-amino-alcohol motifs (C(OH)–C–C–N with tert-alkyl or cyclic N) is 1. The highest BCUT2D eigenvalue weighted by Gasteiger charge is 2.37. The van der Waals surface area contributed by atoms with E-state index in [0.717, 1.165) is 17.5 Å². The number of hydrogen-bond donors (Lipinski definition) is 2. The van der Waals surface area contributed by atoms with Crippen LogP contribution in [-0.4, -0.2) is 64.9 Å². The molecular weight excluding hydrogens is 437 g/mol. The minimum Gasteiger partial charge on any atom is -0.444 e. The van der Waals surface area contributed by atoms with Gasteiger partial charge in [-0.25, -0.2) is 14.0 Å². The lowest BCUT2D eigenvalue weighted by molar-refractivity contribution is 0.0269. The third-order valence-electron chi connectivity index (χ3n) is 6.30. The van der Waals surface area contributed by atoms with E-state index in [1.54, 1.807) is 37.8 Å². The van der Waals surface area contributed by atoms with Crippen molar-refractivity contribution in [2.75, 3.05) is 26.2 Å². The summed E-state index contributed by atoms with van der Waals surface area (Å²) in [5, 5.41) is 13.4. The predicted octanol–water partition coefficient (Wildman–Crippen LogP) is 3.71. The van der Waals surface area contributed by atoms with Gasteiger partial charge in [0.1, 0.15) is 11.4 Å². The molecule has 2 aromatic carbocycles. The van der Waals surface area contributed by atoms with Crippen molar-refractivity contribution < 1.29 is 23.8 Å². The Morgan fingerprint density at radius 1 is 1.12 bits per heavy atom. The lowest BCUT2D eigenvalue weighted by atomic mass is 9.88. The highest BCUT2D eigenvalue weighted by Crippen LogP contribution is 2.35. The van der Waals surface area contributed by atoms with E-state index in [-0.39, 0.29) is 36.9 Å². The molecule has 1 fully saturated rings. The quantitative estimate of drug-likeness (QED) is 0.718. The molecule has 0 aromatic heterocycles. The highest BCUT2D eigenvalue weighted by molar-refractivity contribution is 5.76. The van der Waals surface area contributed by atoms with Crippen molar-refractivity contribution in [3.63, 3.8) is 0 Å². The largest absolute Gasteiger partial charge is 0.444 e. The van der Waals surface area contributed by atoms with Crippen LogP contribution in [0.3, 0.4) is 0 Å². The number of benzene rings is 2. The second-order valence-electron chi connectivity index (χ2n) is 10.00.